The first-order valence-corrected chi connectivity index (χ1v) is 10.2. The average Bonchev–Trinajstić information content (AvgIpc) is 2.76. The van der Waals surface area contributed by atoms with Gasteiger partial charge in [-0.15, -0.1) is 0 Å². The Balaban J connectivity index is 1.97. The topological polar surface area (TPSA) is 66.4 Å². The van der Waals surface area contributed by atoms with Gasteiger partial charge in [-0.2, -0.15) is 0 Å². The molecule has 0 fully saturated rings. The van der Waals surface area contributed by atoms with Gasteiger partial charge in [-0.25, -0.2) is 4.79 Å². The average molecular weight is 442 g/mol. The van der Waals surface area contributed by atoms with E-state index in [1.165, 1.54) is 0 Å². The molecule has 3 aromatic rings. The number of rotatable bonds is 7. The van der Waals surface area contributed by atoms with Gasteiger partial charge in [0.25, 0.3) is 0 Å². The van der Waals surface area contributed by atoms with E-state index in [-0.39, 0.29) is 6.42 Å². The maximum Gasteiger partial charge on any atom is 0.326 e. The number of carbonyl (C=O) groups is 2. The molecule has 3 aromatic carbocycles. The molecule has 0 aliphatic carbocycles. The van der Waals surface area contributed by atoms with E-state index in [2.05, 4.69) is 5.32 Å². The number of benzene rings is 3. The summed E-state index contributed by atoms with van der Waals surface area (Å²) < 4.78 is 0. The van der Waals surface area contributed by atoms with Gasteiger partial charge in [-0.3, -0.25) is 4.79 Å². The minimum absolute atomic E-state index is 0.0285. The van der Waals surface area contributed by atoms with Gasteiger partial charge in [-0.1, -0.05) is 89.9 Å². The summed E-state index contributed by atoms with van der Waals surface area (Å²) in [7, 11) is 0. The highest BCUT2D eigenvalue weighted by Gasteiger charge is 2.39. The molecular weight excluding hydrogens is 421 g/mol. The van der Waals surface area contributed by atoms with Crippen LogP contribution < -0.4 is 5.32 Å². The Morgan fingerprint density at radius 3 is 1.77 bits per heavy atom. The fraction of sp³-hybridized carbons (Fsp3) is 0.167. The molecule has 3 rings (SSSR count). The minimum atomic E-state index is -1.19. The van der Waals surface area contributed by atoms with E-state index >= 15 is 0 Å². The number of hydrogen-bond donors (Lipinski definition) is 2. The summed E-state index contributed by atoms with van der Waals surface area (Å²) in [6, 6.07) is 22.3. The summed E-state index contributed by atoms with van der Waals surface area (Å²) in [6.07, 6.45) is -0.0285. The number of carboxylic acids is 1. The molecule has 0 bridgehead atoms. The van der Waals surface area contributed by atoms with Gasteiger partial charge in [0.15, 0.2) is 0 Å². The Hall–Kier alpha value is -2.82. The molecule has 0 saturated heterocycles. The van der Waals surface area contributed by atoms with Gasteiger partial charge >= 0.3 is 5.97 Å². The van der Waals surface area contributed by atoms with Gasteiger partial charge in [0.05, 0.1) is 5.41 Å². The Morgan fingerprint density at radius 2 is 1.33 bits per heavy atom. The number of amides is 1. The molecular formula is C24H21Cl2NO3. The van der Waals surface area contributed by atoms with Gasteiger partial charge in [0, 0.05) is 16.5 Å². The summed E-state index contributed by atoms with van der Waals surface area (Å²) in [5.74, 6) is -1.58. The van der Waals surface area contributed by atoms with Crippen molar-refractivity contribution in [2.24, 2.45) is 0 Å². The Morgan fingerprint density at radius 1 is 0.867 bits per heavy atom. The Labute approximate surface area is 185 Å². The number of aliphatic carboxylic acids is 1. The first kappa shape index (κ1) is 21.9. The first-order chi connectivity index (χ1) is 14.3. The van der Waals surface area contributed by atoms with Crippen molar-refractivity contribution < 1.29 is 14.7 Å². The molecule has 1 amide bonds. The molecule has 4 nitrogen and oxygen atoms in total. The second-order valence-corrected chi connectivity index (χ2v) is 7.94. The van der Waals surface area contributed by atoms with Crippen LogP contribution in [0.2, 0.25) is 10.0 Å². The van der Waals surface area contributed by atoms with Crippen LogP contribution in [0.3, 0.4) is 0 Å². The van der Waals surface area contributed by atoms with Crippen molar-refractivity contribution in [2.75, 3.05) is 0 Å². The van der Waals surface area contributed by atoms with Crippen molar-refractivity contribution in [1.29, 1.82) is 0 Å². The normalized spacial score (nSPS) is 12.2. The van der Waals surface area contributed by atoms with Crippen LogP contribution in [-0.2, 0) is 21.4 Å². The van der Waals surface area contributed by atoms with Crippen molar-refractivity contribution in [2.45, 2.75) is 24.8 Å². The van der Waals surface area contributed by atoms with Gasteiger partial charge in [-0.05, 0) is 35.7 Å². The van der Waals surface area contributed by atoms with Crippen LogP contribution in [0.5, 0.6) is 0 Å². The summed E-state index contributed by atoms with van der Waals surface area (Å²) in [6.45, 7) is 1.79. The lowest BCUT2D eigenvalue weighted by molar-refractivity contribution is -0.142. The number of nitrogens with one attached hydrogen (secondary N) is 1. The predicted molar refractivity (Wildman–Crippen MR) is 119 cm³/mol. The summed E-state index contributed by atoms with van der Waals surface area (Å²) in [4.78, 5) is 25.5. The quantitative estimate of drug-likeness (QED) is 0.535. The lowest BCUT2D eigenvalue weighted by atomic mass is 9.75. The Kier molecular flexibility index (Phi) is 6.80. The molecule has 2 N–H and O–H groups in total. The maximum atomic E-state index is 13.5. The highest BCUT2D eigenvalue weighted by atomic mass is 35.5. The Bertz CT molecular complexity index is 979. The van der Waals surface area contributed by atoms with Crippen LogP contribution in [0.4, 0.5) is 0 Å². The van der Waals surface area contributed by atoms with E-state index < -0.39 is 23.3 Å². The molecule has 0 aliphatic rings. The molecule has 0 heterocycles. The molecule has 30 heavy (non-hydrogen) atoms. The molecule has 0 saturated carbocycles. The zero-order valence-corrected chi connectivity index (χ0v) is 17.8. The summed E-state index contributed by atoms with van der Waals surface area (Å²) in [5, 5.41) is 13.2. The smallest absolute Gasteiger partial charge is 0.326 e. The zero-order valence-electron chi connectivity index (χ0n) is 16.3. The molecule has 0 aromatic heterocycles. The molecule has 0 radical (unpaired) electrons. The van der Waals surface area contributed by atoms with Crippen LogP contribution >= 0.6 is 23.2 Å². The van der Waals surface area contributed by atoms with Crippen molar-refractivity contribution in [3.8, 4) is 0 Å². The number of carboxylic acid groups (broad SMARTS) is 1. The van der Waals surface area contributed by atoms with E-state index in [9.17, 15) is 14.7 Å². The molecule has 6 heteroatoms. The third kappa shape index (κ3) is 4.50. The van der Waals surface area contributed by atoms with Crippen LogP contribution in [-0.4, -0.2) is 23.0 Å². The minimum Gasteiger partial charge on any atom is -0.480 e. The van der Waals surface area contributed by atoms with E-state index in [1.807, 2.05) is 60.7 Å². The molecule has 1 atom stereocenters. The van der Waals surface area contributed by atoms with E-state index in [4.69, 9.17) is 23.2 Å². The fourth-order valence-corrected chi connectivity index (χ4v) is 3.96. The molecule has 0 spiro atoms. The monoisotopic (exact) mass is 441 g/mol. The molecule has 0 aliphatic heterocycles. The molecule has 154 valence electrons. The third-order valence-corrected chi connectivity index (χ3v) is 5.94. The second kappa shape index (κ2) is 9.33. The largest absolute Gasteiger partial charge is 0.480 e. The standard InChI is InChI=1S/C24H21Cl2NO3/c1-24(16-9-4-2-5-10-16,17-11-6-3-7-12-17)23(30)27-21(22(28)29)15-18-19(25)13-8-14-20(18)26/h2-14,21H,15H2,1H3,(H,27,30)(H,28,29)/t21-/m1/s1. The van der Waals surface area contributed by atoms with E-state index in [0.717, 1.165) is 11.1 Å². The highest BCUT2D eigenvalue weighted by Crippen LogP contribution is 2.33. The SMILES string of the molecule is CC(C(=O)N[C@H](Cc1c(Cl)cccc1Cl)C(=O)O)(c1ccccc1)c1ccccc1. The van der Waals surface area contributed by atoms with E-state index in [1.54, 1.807) is 25.1 Å². The van der Waals surface area contributed by atoms with Crippen LogP contribution in [0.15, 0.2) is 78.9 Å². The lowest BCUT2D eigenvalue weighted by Gasteiger charge is -2.31. The summed E-state index contributed by atoms with van der Waals surface area (Å²) in [5.41, 5.74) is 0.914. The molecule has 0 unspecified atom stereocenters. The van der Waals surface area contributed by atoms with Gasteiger partial charge < -0.3 is 10.4 Å². The number of hydrogen-bond acceptors (Lipinski definition) is 2. The first-order valence-electron chi connectivity index (χ1n) is 9.41. The van der Waals surface area contributed by atoms with Crippen molar-refractivity contribution >= 4 is 35.1 Å². The van der Waals surface area contributed by atoms with Crippen LogP contribution in [0.1, 0.15) is 23.6 Å². The van der Waals surface area contributed by atoms with Crippen molar-refractivity contribution in [3.63, 3.8) is 0 Å². The lowest BCUT2D eigenvalue weighted by Crippen LogP contribution is -2.50. The second-order valence-electron chi connectivity index (χ2n) is 7.13. The van der Waals surface area contributed by atoms with Crippen molar-refractivity contribution in [3.05, 3.63) is 106 Å². The van der Waals surface area contributed by atoms with Gasteiger partial charge in [0.2, 0.25) is 5.91 Å². The zero-order chi connectivity index (χ0) is 21.7. The van der Waals surface area contributed by atoms with Gasteiger partial charge in [0.1, 0.15) is 6.04 Å². The number of halogens is 2. The van der Waals surface area contributed by atoms with Crippen molar-refractivity contribution in [1.82, 2.24) is 5.32 Å². The number of carbonyl (C=O) groups excluding carboxylic acids is 1. The predicted octanol–water partition coefficient (Wildman–Crippen LogP) is 5.11. The van der Waals surface area contributed by atoms with Crippen LogP contribution in [0.25, 0.3) is 0 Å². The van der Waals surface area contributed by atoms with Crippen LogP contribution in [0, 0.1) is 0 Å². The maximum absolute atomic E-state index is 13.5. The third-order valence-electron chi connectivity index (χ3n) is 5.23. The highest BCUT2D eigenvalue weighted by molar-refractivity contribution is 6.36. The summed E-state index contributed by atoms with van der Waals surface area (Å²) >= 11 is 12.4. The van der Waals surface area contributed by atoms with E-state index in [0.29, 0.717) is 15.6 Å². The fourth-order valence-electron chi connectivity index (χ4n) is 3.41.